The summed E-state index contributed by atoms with van der Waals surface area (Å²) in [6.45, 7) is 5.06. The van der Waals surface area contributed by atoms with Crippen LogP contribution in [0.15, 0.2) is 0 Å². The lowest BCUT2D eigenvalue weighted by atomic mass is 9.79. The fraction of sp³-hybridized carbons (Fsp3) is 0.769. The molecule has 0 aromatic rings. The maximum absolute atomic E-state index is 11.4. The molecule has 1 rings (SSSR count). The molecule has 0 saturated heterocycles. The average molecular weight is 287 g/mol. The molecule has 1 amide bonds. The van der Waals surface area contributed by atoms with Crippen LogP contribution in [-0.2, 0) is 14.3 Å². The molecule has 0 unspecified atom stereocenters. The number of ether oxygens (including phenoxy) is 1. The fourth-order valence-electron chi connectivity index (χ4n) is 2.11. The molecule has 0 radical (unpaired) electrons. The van der Waals surface area contributed by atoms with Crippen molar-refractivity contribution in [2.24, 2.45) is 11.3 Å². The Kier molecular flexibility index (Phi) is 4.62. The summed E-state index contributed by atoms with van der Waals surface area (Å²) in [5, 5.41) is 20.9. The Morgan fingerprint density at radius 3 is 2.00 bits per heavy atom. The highest BCUT2D eigenvalue weighted by Gasteiger charge is 2.56. The van der Waals surface area contributed by atoms with Crippen LogP contribution in [0.2, 0.25) is 0 Å². The van der Waals surface area contributed by atoms with Crippen molar-refractivity contribution in [3.05, 3.63) is 0 Å². The fourth-order valence-corrected chi connectivity index (χ4v) is 2.11. The number of carboxylic acid groups (broad SMARTS) is 2. The van der Waals surface area contributed by atoms with E-state index in [1.165, 1.54) is 0 Å². The number of hydrogen-bond donors (Lipinski definition) is 3. The second-order valence-corrected chi connectivity index (χ2v) is 6.03. The molecule has 0 aromatic heterocycles. The summed E-state index contributed by atoms with van der Waals surface area (Å²) in [6, 6.07) is 0. The molecule has 114 valence electrons. The lowest BCUT2D eigenvalue weighted by Crippen LogP contribution is -2.44. The zero-order valence-corrected chi connectivity index (χ0v) is 11.9. The number of alkyl carbamates (subject to hydrolysis) is 1. The molecular formula is C13H21NO6. The van der Waals surface area contributed by atoms with Crippen LogP contribution < -0.4 is 5.32 Å². The number of carbonyl (C=O) groups excluding carboxylic acids is 1. The van der Waals surface area contributed by atoms with Crippen molar-refractivity contribution in [1.29, 1.82) is 0 Å². The van der Waals surface area contributed by atoms with Gasteiger partial charge in [0.05, 0.1) is 0 Å². The molecule has 1 aliphatic rings. The standard InChI is InChI=1S/C13H21NO6/c1-12(2,3)20-11(19)14-7-6-13(9(15)16,10(17)18)8-4-5-8/h8H,4-7H2,1-3H3,(H,14,19)(H,15,16)(H,17,18). The number of carbonyl (C=O) groups is 3. The van der Waals surface area contributed by atoms with Gasteiger partial charge in [-0.3, -0.25) is 9.59 Å². The molecule has 3 N–H and O–H groups in total. The van der Waals surface area contributed by atoms with Gasteiger partial charge >= 0.3 is 18.0 Å². The minimum absolute atomic E-state index is 0.0516. The molecule has 1 saturated carbocycles. The van der Waals surface area contributed by atoms with Crippen LogP contribution in [0.3, 0.4) is 0 Å². The van der Waals surface area contributed by atoms with E-state index in [0.29, 0.717) is 12.8 Å². The van der Waals surface area contributed by atoms with Crippen LogP contribution in [0, 0.1) is 11.3 Å². The summed E-state index contributed by atoms with van der Waals surface area (Å²) in [6.07, 6.45) is 0.343. The molecule has 0 heterocycles. The van der Waals surface area contributed by atoms with E-state index in [4.69, 9.17) is 4.74 Å². The smallest absolute Gasteiger partial charge is 0.407 e. The van der Waals surface area contributed by atoms with E-state index in [1.807, 2.05) is 0 Å². The highest BCUT2D eigenvalue weighted by atomic mass is 16.6. The first kappa shape index (κ1) is 16.3. The Morgan fingerprint density at radius 2 is 1.65 bits per heavy atom. The third-order valence-electron chi connectivity index (χ3n) is 3.23. The molecule has 0 atom stereocenters. The van der Waals surface area contributed by atoms with Crippen LogP contribution in [0.5, 0.6) is 0 Å². The maximum Gasteiger partial charge on any atom is 0.407 e. The van der Waals surface area contributed by atoms with Crippen LogP contribution in [0.4, 0.5) is 4.79 Å². The first-order valence-corrected chi connectivity index (χ1v) is 6.53. The molecule has 0 bridgehead atoms. The van der Waals surface area contributed by atoms with E-state index in [0.717, 1.165) is 0 Å². The molecule has 0 spiro atoms. The van der Waals surface area contributed by atoms with E-state index in [1.54, 1.807) is 20.8 Å². The first-order chi connectivity index (χ1) is 9.09. The van der Waals surface area contributed by atoms with Crippen LogP contribution >= 0.6 is 0 Å². The minimum Gasteiger partial charge on any atom is -0.480 e. The van der Waals surface area contributed by atoms with Crippen molar-refractivity contribution in [2.45, 2.75) is 45.6 Å². The number of aliphatic carboxylic acids is 2. The normalized spacial score (nSPS) is 15.6. The highest BCUT2D eigenvalue weighted by Crippen LogP contribution is 2.48. The quantitative estimate of drug-likeness (QED) is 0.637. The van der Waals surface area contributed by atoms with Gasteiger partial charge in [-0.25, -0.2) is 4.79 Å². The van der Waals surface area contributed by atoms with E-state index in [9.17, 15) is 24.6 Å². The Balaban J connectivity index is 2.58. The second-order valence-electron chi connectivity index (χ2n) is 6.03. The third kappa shape index (κ3) is 3.85. The summed E-state index contributed by atoms with van der Waals surface area (Å²) in [4.78, 5) is 34.1. The van der Waals surface area contributed by atoms with E-state index >= 15 is 0 Å². The number of nitrogens with one attached hydrogen (secondary N) is 1. The van der Waals surface area contributed by atoms with Crippen molar-refractivity contribution in [3.63, 3.8) is 0 Å². The van der Waals surface area contributed by atoms with Gasteiger partial charge in [-0.05, 0) is 46.0 Å². The molecular weight excluding hydrogens is 266 g/mol. The Bertz CT molecular complexity index is 394. The lowest BCUT2D eigenvalue weighted by Gasteiger charge is -2.25. The predicted octanol–water partition coefficient (Wildman–Crippen LogP) is 1.47. The lowest BCUT2D eigenvalue weighted by molar-refractivity contribution is -0.167. The molecule has 0 aliphatic heterocycles. The van der Waals surface area contributed by atoms with Crippen molar-refractivity contribution in [3.8, 4) is 0 Å². The first-order valence-electron chi connectivity index (χ1n) is 6.53. The van der Waals surface area contributed by atoms with Crippen molar-refractivity contribution in [2.75, 3.05) is 6.54 Å². The molecule has 20 heavy (non-hydrogen) atoms. The molecule has 7 heteroatoms. The average Bonchev–Trinajstić information content (AvgIpc) is 3.04. The van der Waals surface area contributed by atoms with Gasteiger partial charge < -0.3 is 20.3 Å². The number of amides is 1. The topological polar surface area (TPSA) is 113 Å². The van der Waals surface area contributed by atoms with E-state index in [2.05, 4.69) is 5.32 Å². The number of carboxylic acids is 2. The van der Waals surface area contributed by atoms with E-state index in [-0.39, 0.29) is 18.9 Å². The summed E-state index contributed by atoms with van der Waals surface area (Å²) in [7, 11) is 0. The Hall–Kier alpha value is -1.79. The minimum atomic E-state index is -1.81. The highest BCUT2D eigenvalue weighted by molar-refractivity contribution is 5.99. The summed E-state index contributed by atoms with van der Waals surface area (Å²) in [5.41, 5.74) is -2.47. The summed E-state index contributed by atoms with van der Waals surface area (Å²) < 4.78 is 5.00. The van der Waals surface area contributed by atoms with Crippen LogP contribution in [0.1, 0.15) is 40.0 Å². The zero-order valence-electron chi connectivity index (χ0n) is 11.9. The van der Waals surface area contributed by atoms with Crippen LogP contribution in [-0.4, -0.2) is 40.4 Å². The SMILES string of the molecule is CC(C)(C)OC(=O)NCCC(C(=O)O)(C(=O)O)C1CC1. The largest absolute Gasteiger partial charge is 0.480 e. The second kappa shape index (κ2) is 5.68. The van der Waals surface area contributed by atoms with Crippen molar-refractivity contribution < 1.29 is 29.3 Å². The zero-order chi connectivity index (χ0) is 15.6. The Morgan fingerprint density at radius 1 is 1.15 bits per heavy atom. The van der Waals surface area contributed by atoms with Gasteiger partial charge in [0.25, 0.3) is 0 Å². The molecule has 7 nitrogen and oxygen atoms in total. The monoisotopic (exact) mass is 287 g/mol. The number of rotatable bonds is 6. The molecule has 1 aliphatic carbocycles. The number of hydrogen-bond acceptors (Lipinski definition) is 4. The Labute approximate surface area is 117 Å². The summed E-state index contributed by atoms with van der Waals surface area (Å²) >= 11 is 0. The maximum atomic E-state index is 11.4. The van der Waals surface area contributed by atoms with Crippen LogP contribution in [0.25, 0.3) is 0 Å². The molecule has 1 fully saturated rings. The predicted molar refractivity (Wildman–Crippen MR) is 69.3 cm³/mol. The van der Waals surface area contributed by atoms with E-state index < -0.39 is 29.0 Å². The summed E-state index contributed by atoms with van der Waals surface area (Å²) in [5.74, 6) is -3.06. The molecule has 0 aromatic carbocycles. The van der Waals surface area contributed by atoms with Gasteiger partial charge in [0.15, 0.2) is 5.41 Å². The van der Waals surface area contributed by atoms with Gasteiger partial charge in [-0.2, -0.15) is 0 Å². The third-order valence-corrected chi connectivity index (χ3v) is 3.23. The van der Waals surface area contributed by atoms with Gasteiger partial charge in [0, 0.05) is 6.54 Å². The van der Waals surface area contributed by atoms with Gasteiger partial charge in [-0.1, -0.05) is 0 Å². The van der Waals surface area contributed by atoms with Crippen molar-refractivity contribution in [1.82, 2.24) is 5.32 Å². The van der Waals surface area contributed by atoms with Gasteiger partial charge in [-0.15, -0.1) is 0 Å². The van der Waals surface area contributed by atoms with Crippen molar-refractivity contribution >= 4 is 18.0 Å². The van der Waals surface area contributed by atoms with Gasteiger partial charge in [0.2, 0.25) is 0 Å². The van der Waals surface area contributed by atoms with Gasteiger partial charge in [0.1, 0.15) is 5.60 Å².